The van der Waals surface area contributed by atoms with Crippen LogP contribution in [-0.2, 0) is 9.59 Å². The van der Waals surface area contributed by atoms with E-state index in [-0.39, 0.29) is 5.91 Å². The molecule has 1 amide bonds. The summed E-state index contributed by atoms with van der Waals surface area (Å²) < 4.78 is 0. The van der Waals surface area contributed by atoms with E-state index in [2.05, 4.69) is 19.2 Å². The van der Waals surface area contributed by atoms with Crippen molar-refractivity contribution in [2.24, 2.45) is 0 Å². The van der Waals surface area contributed by atoms with Crippen molar-refractivity contribution in [3.05, 3.63) is 0 Å². The van der Waals surface area contributed by atoms with Crippen molar-refractivity contribution >= 4 is 11.7 Å². The molecule has 0 fully saturated rings. The van der Waals surface area contributed by atoms with Crippen molar-refractivity contribution in [3.8, 4) is 0 Å². The molecule has 0 bridgehead atoms. The molecule has 0 heterocycles. The van der Waals surface area contributed by atoms with Crippen LogP contribution in [0.25, 0.3) is 0 Å². The first-order chi connectivity index (χ1) is 23.1. The first-order valence-electron chi connectivity index (χ1n) is 21.6. The number of rotatable bonds is 40. The number of aliphatic hydroxyl groups excluding tert-OH is 1. The Morgan fingerprint density at radius 3 is 1.02 bits per heavy atom. The topological polar surface area (TPSA) is 66.4 Å². The molecule has 0 saturated carbocycles. The summed E-state index contributed by atoms with van der Waals surface area (Å²) in [6, 6.07) is 0. The summed E-state index contributed by atoms with van der Waals surface area (Å²) >= 11 is 0. The van der Waals surface area contributed by atoms with Crippen molar-refractivity contribution in [2.75, 3.05) is 6.54 Å². The van der Waals surface area contributed by atoms with E-state index < -0.39 is 6.10 Å². The molecule has 0 spiro atoms. The minimum absolute atomic E-state index is 0.0860. The van der Waals surface area contributed by atoms with Crippen LogP contribution in [0, 0.1) is 0 Å². The third kappa shape index (κ3) is 39.4. The third-order valence-corrected chi connectivity index (χ3v) is 10.1. The van der Waals surface area contributed by atoms with Crippen molar-refractivity contribution in [1.82, 2.24) is 5.32 Å². The molecule has 280 valence electrons. The molecule has 0 aromatic rings. The third-order valence-electron chi connectivity index (χ3n) is 10.1. The summed E-state index contributed by atoms with van der Waals surface area (Å²) in [6.45, 7) is 4.96. The maximum Gasteiger partial charge on any atom is 0.220 e. The summed E-state index contributed by atoms with van der Waals surface area (Å²) in [5, 5.41) is 13.2. The first-order valence-corrected chi connectivity index (χ1v) is 21.6. The fraction of sp³-hybridized carbons (Fsp3) is 0.953. The van der Waals surface area contributed by atoms with Crippen LogP contribution in [0.2, 0.25) is 0 Å². The number of amides is 1. The monoisotopic (exact) mass is 664 g/mol. The molecule has 4 nitrogen and oxygen atoms in total. The second kappa shape index (κ2) is 39.5. The van der Waals surface area contributed by atoms with Gasteiger partial charge in [0.15, 0.2) is 0 Å². The molecular weight excluding hydrogens is 578 g/mol. The van der Waals surface area contributed by atoms with E-state index in [9.17, 15) is 14.7 Å². The predicted molar refractivity (Wildman–Crippen MR) is 206 cm³/mol. The molecule has 0 aromatic carbocycles. The summed E-state index contributed by atoms with van der Waals surface area (Å²) in [6.07, 6.45) is 45.2. The van der Waals surface area contributed by atoms with Crippen molar-refractivity contribution in [1.29, 1.82) is 0 Å². The van der Waals surface area contributed by atoms with Gasteiger partial charge in [-0.3, -0.25) is 9.59 Å². The van der Waals surface area contributed by atoms with E-state index in [0.717, 1.165) is 51.4 Å². The maximum absolute atomic E-state index is 12.1. The van der Waals surface area contributed by atoms with E-state index in [1.165, 1.54) is 180 Å². The minimum atomic E-state index is -0.406. The summed E-state index contributed by atoms with van der Waals surface area (Å²) in [4.78, 5) is 24.3. The quantitative estimate of drug-likeness (QED) is 0.0641. The van der Waals surface area contributed by atoms with Gasteiger partial charge in [0.25, 0.3) is 0 Å². The summed E-state index contributed by atoms with van der Waals surface area (Å²) in [5.41, 5.74) is 0. The van der Waals surface area contributed by atoms with Crippen LogP contribution in [0.1, 0.15) is 251 Å². The Morgan fingerprint density at radius 1 is 0.404 bits per heavy atom. The van der Waals surface area contributed by atoms with Crippen LogP contribution in [0.5, 0.6) is 0 Å². The average Bonchev–Trinajstić information content (AvgIpc) is 3.07. The van der Waals surface area contributed by atoms with Crippen molar-refractivity contribution < 1.29 is 14.7 Å². The van der Waals surface area contributed by atoms with Crippen LogP contribution in [0.3, 0.4) is 0 Å². The standard InChI is InChI=1S/C43H85NO3/c1-3-5-7-9-11-13-15-16-17-19-21-26-30-34-38-42(46)40-44-43(47)39-35-31-27-23-22-25-29-33-37-41(45)36-32-28-24-20-18-14-12-10-8-6-4-2/h42,46H,3-40H2,1-2H3,(H,44,47). The Bertz CT molecular complexity index is 637. The van der Waals surface area contributed by atoms with E-state index in [0.29, 0.717) is 18.7 Å². The van der Waals surface area contributed by atoms with Gasteiger partial charge in [-0.05, 0) is 25.7 Å². The minimum Gasteiger partial charge on any atom is -0.391 e. The van der Waals surface area contributed by atoms with Gasteiger partial charge in [-0.2, -0.15) is 0 Å². The molecule has 0 aliphatic heterocycles. The molecule has 0 saturated heterocycles. The molecule has 1 atom stereocenters. The predicted octanol–water partition coefficient (Wildman–Crippen LogP) is 13.5. The van der Waals surface area contributed by atoms with E-state index in [1.54, 1.807) is 0 Å². The zero-order valence-corrected chi connectivity index (χ0v) is 32.2. The number of ketones is 1. The Labute approximate surface area is 295 Å². The van der Waals surface area contributed by atoms with Crippen molar-refractivity contribution in [2.45, 2.75) is 258 Å². The lowest BCUT2D eigenvalue weighted by Crippen LogP contribution is -2.31. The van der Waals surface area contributed by atoms with Gasteiger partial charge in [-0.1, -0.05) is 206 Å². The number of carbonyl (C=O) groups is 2. The molecule has 0 aromatic heterocycles. The summed E-state index contributed by atoms with van der Waals surface area (Å²) in [7, 11) is 0. The van der Waals surface area contributed by atoms with E-state index >= 15 is 0 Å². The SMILES string of the molecule is CCCCCCCCCCCCCCCCC(O)CNC(=O)CCCCCCCCCCC(=O)CCCCCCCCCCCCC. The van der Waals surface area contributed by atoms with Gasteiger partial charge < -0.3 is 10.4 Å². The number of unbranched alkanes of at least 4 members (excludes halogenated alkanes) is 30. The number of hydrogen-bond acceptors (Lipinski definition) is 3. The zero-order chi connectivity index (χ0) is 34.3. The molecule has 47 heavy (non-hydrogen) atoms. The molecule has 0 radical (unpaired) electrons. The average molecular weight is 664 g/mol. The molecule has 0 aliphatic rings. The Morgan fingerprint density at radius 2 is 0.681 bits per heavy atom. The van der Waals surface area contributed by atoms with Crippen LogP contribution >= 0.6 is 0 Å². The second-order valence-electron chi connectivity index (χ2n) is 15.0. The highest BCUT2D eigenvalue weighted by molar-refractivity contribution is 5.78. The van der Waals surface area contributed by atoms with Crippen molar-refractivity contribution in [3.63, 3.8) is 0 Å². The van der Waals surface area contributed by atoms with Gasteiger partial charge in [0.05, 0.1) is 6.10 Å². The molecule has 0 aliphatic carbocycles. The molecule has 1 unspecified atom stereocenters. The highest BCUT2D eigenvalue weighted by atomic mass is 16.3. The van der Waals surface area contributed by atoms with E-state index in [4.69, 9.17) is 0 Å². The van der Waals surface area contributed by atoms with Gasteiger partial charge in [-0.15, -0.1) is 0 Å². The lowest BCUT2D eigenvalue weighted by atomic mass is 10.0. The van der Waals surface area contributed by atoms with Gasteiger partial charge in [0, 0.05) is 25.8 Å². The lowest BCUT2D eigenvalue weighted by molar-refractivity contribution is -0.121. The normalized spacial score (nSPS) is 12.1. The fourth-order valence-corrected chi connectivity index (χ4v) is 6.78. The van der Waals surface area contributed by atoms with Crippen LogP contribution < -0.4 is 5.32 Å². The van der Waals surface area contributed by atoms with E-state index in [1.807, 2.05) is 0 Å². The van der Waals surface area contributed by atoms with Crippen LogP contribution in [0.15, 0.2) is 0 Å². The molecular formula is C43H85NO3. The molecule has 2 N–H and O–H groups in total. The largest absolute Gasteiger partial charge is 0.391 e. The smallest absolute Gasteiger partial charge is 0.220 e. The highest BCUT2D eigenvalue weighted by Gasteiger charge is 2.07. The zero-order valence-electron chi connectivity index (χ0n) is 32.2. The highest BCUT2D eigenvalue weighted by Crippen LogP contribution is 2.16. The van der Waals surface area contributed by atoms with Gasteiger partial charge >= 0.3 is 0 Å². The van der Waals surface area contributed by atoms with Crippen LogP contribution in [0.4, 0.5) is 0 Å². The maximum atomic E-state index is 12.1. The first kappa shape index (κ1) is 46.1. The lowest BCUT2D eigenvalue weighted by Gasteiger charge is -2.12. The van der Waals surface area contributed by atoms with Gasteiger partial charge in [0.2, 0.25) is 5.91 Å². The number of Topliss-reactive ketones (excluding diaryl/α,β-unsaturated/α-hetero) is 1. The number of hydrogen-bond donors (Lipinski definition) is 2. The van der Waals surface area contributed by atoms with Crippen LogP contribution in [-0.4, -0.2) is 29.4 Å². The Hall–Kier alpha value is -0.900. The van der Waals surface area contributed by atoms with Gasteiger partial charge in [-0.25, -0.2) is 0 Å². The number of nitrogens with one attached hydrogen (secondary N) is 1. The molecule has 4 heteroatoms. The number of carbonyl (C=O) groups excluding carboxylic acids is 2. The van der Waals surface area contributed by atoms with Gasteiger partial charge in [0.1, 0.15) is 5.78 Å². The summed E-state index contributed by atoms with van der Waals surface area (Å²) in [5.74, 6) is 0.560. The number of aliphatic hydroxyl groups is 1. The Kier molecular flexibility index (Phi) is 38.8. The molecule has 0 rings (SSSR count). The fourth-order valence-electron chi connectivity index (χ4n) is 6.78. The second-order valence-corrected chi connectivity index (χ2v) is 15.0. The Balaban J connectivity index is 3.32.